The zero-order valence-electron chi connectivity index (χ0n) is 12.3. The zero-order chi connectivity index (χ0) is 15.2. The SMILES string of the molecule is CN(C)c1ccc(C=NCCc2cc(O)ccc2O)cc1. The molecule has 2 rings (SSSR count). The van der Waals surface area contributed by atoms with Gasteiger partial charge in [-0.3, -0.25) is 4.99 Å². The van der Waals surface area contributed by atoms with Crippen molar-refractivity contribution in [3.8, 4) is 11.5 Å². The van der Waals surface area contributed by atoms with Crippen molar-refractivity contribution < 1.29 is 10.2 Å². The van der Waals surface area contributed by atoms with Gasteiger partial charge in [0.2, 0.25) is 0 Å². The van der Waals surface area contributed by atoms with E-state index in [4.69, 9.17) is 0 Å². The van der Waals surface area contributed by atoms with Crippen LogP contribution in [0.2, 0.25) is 0 Å². The smallest absolute Gasteiger partial charge is 0.119 e. The number of nitrogens with zero attached hydrogens (tertiary/aromatic N) is 2. The van der Waals surface area contributed by atoms with Crippen LogP contribution in [-0.4, -0.2) is 37.1 Å². The van der Waals surface area contributed by atoms with Crippen LogP contribution in [0, 0.1) is 0 Å². The molecule has 0 unspecified atom stereocenters. The highest BCUT2D eigenvalue weighted by atomic mass is 16.3. The molecule has 0 saturated carbocycles. The van der Waals surface area contributed by atoms with Gasteiger partial charge >= 0.3 is 0 Å². The maximum atomic E-state index is 9.67. The summed E-state index contributed by atoms with van der Waals surface area (Å²) in [7, 11) is 4.01. The molecule has 0 aromatic heterocycles. The Kier molecular flexibility index (Phi) is 4.82. The Bertz CT molecular complexity index is 619. The minimum absolute atomic E-state index is 0.158. The minimum atomic E-state index is 0.158. The molecule has 0 saturated heterocycles. The lowest BCUT2D eigenvalue weighted by atomic mass is 10.1. The number of anilines is 1. The van der Waals surface area contributed by atoms with Gasteiger partial charge in [-0.1, -0.05) is 12.1 Å². The second kappa shape index (κ2) is 6.79. The summed E-state index contributed by atoms with van der Waals surface area (Å²) in [5, 5.41) is 19.1. The molecule has 0 heterocycles. The van der Waals surface area contributed by atoms with Gasteiger partial charge in [0.1, 0.15) is 11.5 Å². The van der Waals surface area contributed by atoms with Crippen LogP contribution in [0.4, 0.5) is 5.69 Å². The van der Waals surface area contributed by atoms with E-state index in [1.807, 2.05) is 49.5 Å². The van der Waals surface area contributed by atoms with Gasteiger partial charge in [0.25, 0.3) is 0 Å². The third-order valence-corrected chi connectivity index (χ3v) is 3.22. The highest BCUT2D eigenvalue weighted by Gasteiger charge is 2.01. The van der Waals surface area contributed by atoms with Crippen LogP contribution in [0.3, 0.4) is 0 Å². The quantitative estimate of drug-likeness (QED) is 0.655. The van der Waals surface area contributed by atoms with Crippen molar-refractivity contribution in [2.75, 3.05) is 25.5 Å². The average molecular weight is 284 g/mol. The molecule has 0 fully saturated rings. The molecule has 0 amide bonds. The molecule has 0 atom stereocenters. The Labute approximate surface area is 125 Å². The standard InChI is InChI=1S/C17H20N2O2/c1-19(2)15-5-3-13(4-6-15)12-18-10-9-14-11-16(20)7-8-17(14)21/h3-8,11-12,20-21H,9-10H2,1-2H3. The average Bonchev–Trinajstić information content (AvgIpc) is 2.47. The summed E-state index contributed by atoms with van der Waals surface area (Å²) in [4.78, 5) is 6.40. The molecule has 110 valence electrons. The molecule has 2 aromatic carbocycles. The van der Waals surface area contributed by atoms with Crippen LogP contribution in [0.5, 0.6) is 11.5 Å². The van der Waals surface area contributed by atoms with Gasteiger partial charge in [0.15, 0.2) is 0 Å². The first-order valence-electron chi connectivity index (χ1n) is 6.84. The van der Waals surface area contributed by atoms with E-state index < -0.39 is 0 Å². The van der Waals surface area contributed by atoms with Crippen molar-refractivity contribution in [1.29, 1.82) is 0 Å². The summed E-state index contributed by atoms with van der Waals surface area (Å²) >= 11 is 0. The first-order chi connectivity index (χ1) is 10.1. The Balaban J connectivity index is 1.92. The van der Waals surface area contributed by atoms with E-state index in [9.17, 15) is 10.2 Å². The predicted octanol–water partition coefficient (Wildman–Crippen LogP) is 2.83. The summed E-state index contributed by atoms with van der Waals surface area (Å²) in [6, 6.07) is 12.7. The Morgan fingerprint density at radius 3 is 2.43 bits per heavy atom. The second-order valence-electron chi connectivity index (χ2n) is 5.08. The fourth-order valence-corrected chi connectivity index (χ4v) is 1.99. The van der Waals surface area contributed by atoms with E-state index in [0.717, 1.165) is 11.3 Å². The number of phenols is 2. The number of hydrogen-bond acceptors (Lipinski definition) is 4. The molecule has 21 heavy (non-hydrogen) atoms. The molecule has 0 radical (unpaired) electrons. The highest BCUT2D eigenvalue weighted by Crippen LogP contribution is 2.22. The number of hydrogen-bond donors (Lipinski definition) is 2. The van der Waals surface area contributed by atoms with Crippen molar-refractivity contribution in [3.05, 3.63) is 53.6 Å². The summed E-state index contributed by atoms with van der Waals surface area (Å²) in [5.41, 5.74) is 2.90. The van der Waals surface area contributed by atoms with Gasteiger partial charge in [-0.05, 0) is 47.9 Å². The van der Waals surface area contributed by atoms with Gasteiger partial charge in [0, 0.05) is 32.5 Å². The Morgan fingerprint density at radius 2 is 1.76 bits per heavy atom. The van der Waals surface area contributed by atoms with E-state index in [1.165, 1.54) is 12.1 Å². The molecule has 4 nitrogen and oxygen atoms in total. The van der Waals surface area contributed by atoms with E-state index >= 15 is 0 Å². The third kappa shape index (κ3) is 4.24. The highest BCUT2D eigenvalue weighted by molar-refractivity contribution is 5.80. The monoisotopic (exact) mass is 284 g/mol. The number of benzene rings is 2. The van der Waals surface area contributed by atoms with E-state index in [0.29, 0.717) is 18.5 Å². The normalized spacial score (nSPS) is 11.0. The van der Waals surface area contributed by atoms with Crippen molar-refractivity contribution in [3.63, 3.8) is 0 Å². The Hall–Kier alpha value is -2.49. The summed E-state index contributed by atoms with van der Waals surface area (Å²) in [6.45, 7) is 0.562. The maximum absolute atomic E-state index is 9.67. The molecule has 0 aliphatic heterocycles. The molecular formula is C17H20N2O2. The molecule has 0 bridgehead atoms. The third-order valence-electron chi connectivity index (χ3n) is 3.22. The van der Waals surface area contributed by atoms with E-state index in [-0.39, 0.29) is 11.5 Å². The predicted molar refractivity (Wildman–Crippen MR) is 86.7 cm³/mol. The van der Waals surface area contributed by atoms with Gasteiger partial charge in [0.05, 0.1) is 0 Å². The van der Waals surface area contributed by atoms with Gasteiger partial charge in [-0.2, -0.15) is 0 Å². The molecule has 0 spiro atoms. The number of phenolic OH excluding ortho intramolecular Hbond substituents is 2. The van der Waals surface area contributed by atoms with E-state index in [1.54, 1.807) is 6.07 Å². The lowest BCUT2D eigenvalue weighted by molar-refractivity contribution is 0.454. The van der Waals surface area contributed by atoms with Crippen LogP contribution < -0.4 is 4.90 Å². The molecule has 4 heteroatoms. The van der Waals surface area contributed by atoms with Gasteiger partial charge in [-0.25, -0.2) is 0 Å². The largest absolute Gasteiger partial charge is 0.508 e. The fraction of sp³-hybridized carbons (Fsp3) is 0.235. The van der Waals surface area contributed by atoms with Crippen LogP contribution in [0.15, 0.2) is 47.5 Å². The maximum Gasteiger partial charge on any atom is 0.119 e. The Morgan fingerprint density at radius 1 is 1.05 bits per heavy atom. The molecule has 2 N–H and O–H groups in total. The summed E-state index contributed by atoms with van der Waals surface area (Å²) in [6.07, 6.45) is 2.41. The van der Waals surface area contributed by atoms with Crippen molar-refractivity contribution >= 4 is 11.9 Å². The summed E-state index contributed by atoms with van der Waals surface area (Å²) < 4.78 is 0. The van der Waals surface area contributed by atoms with Gasteiger partial charge < -0.3 is 15.1 Å². The summed E-state index contributed by atoms with van der Waals surface area (Å²) in [5.74, 6) is 0.351. The van der Waals surface area contributed by atoms with Crippen molar-refractivity contribution in [2.24, 2.45) is 4.99 Å². The van der Waals surface area contributed by atoms with E-state index in [2.05, 4.69) is 4.99 Å². The minimum Gasteiger partial charge on any atom is -0.508 e. The van der Waals surface area contributed by atoms with Crippen LogP contribution in [0.1, 0.15) is 11.1 Å². The van der Waals surface area contributed by atoms with Crippen molar-refractivity contribution in [2.45, 2.75) is 6.42 Å². The lowest BCUT2D eigenvalue weighted by Crippen LogP contribution is -2.08. The first kappa shape index (κ1) is 14.9. The molecule has 2 aromatic rings. The van der Waals surface area contributed by atoms with Crippen LogP contribution in [-0.2, 0) is 6.42 Å². The zero-order valence-corrected chi connectivity index (χ0v) is 12.3. The first-order valence-corrected chi connectivity index (χ1v) is 6.84. The second-order valence-corrected chi connectivity index (χ2v) is 5.08. The van der Waals surface area contributed by atoms with Crippen molar-refractivity contribution in [1.82, 2.24) is 0 Å². The number of aromatic hydroxyl groups is 2. The fourth-order valence-electron chi connectivity index (χ4n) is 1.99. The molecule has 0 aliphatic carbocycles. The topological polar surface area (TPSA) is 56.1 Å². The number of rotatable bonds is 5. The van der Waals surface area contributed by atoms with Crippen LogP contribution >= 0.6 is 0 Å². The number of aliphatic imine (C=N–C) groups is 1. The lowest BCUT2D eigenvalue weighted by Gasteiger charge is -2.11. The van der Waals surface area contributed by atoms with Gasteiger partial charge in [-0.15, -0.1) is 0 Å². The van der Waals surface area contributed by atoms with Crippen LogP contribution in [0.25, 0.3) is 0 Å². The molecule has 0 aliphatic rings. The molecular weight excluding hydrogens is 264 g/mol.